The van der Waals surface area contributed by atoms with E-state index in [1.807, 2.05) is 18.4 Å². The van der Waals surface area contributed by atoms with Crippen molar-refractivity contribution in [1.29, 1.82) is 0 Å². The van der Waals surface area contributed by atoms with Crippen molar-refractivity contribution in [3.63, 3.8) is 0 Å². The highest BCUT2D eigenvalue weighted by Crippen LogP contribution is 2.28. The third-order valence-electron chi connectivity index (χ3n) is 3.11. The van der Waals surface area contributed by atoms with Gasteiger partial charge in [0, 0.05) is 24.0 Å². The first kappa shape index (κ1) is 16.8. The van der Waals surface area contributed by atoms with Gasteiger partial charge in [-0.25, -0.2) is 8.42 Å². The highest BCUT2D eigenvalue weighted by Gasteiger charge is 2.30. The normalized spacial score (nSPS) is 20.8. The van der Waals surface area contributed by atoms with E-state index in [1.54, 1.807) is 12.1 Å². The van der Waals surface area contributed by atoms with E-state index in [-0.39, 0.29) is 18.4 Å². The molecule has 2 rings (SSSR count). The van der Waals surface area contributed by atoms with Crippen molar-refractivity contribution in [2.45, 2.75) is 28.7 Å². The zero-order valence-electron chi connectivity index (χ0n) is 10.8. The molecule has 0 radical (unpaired) electrons. The van der Waals surface area contributed by atoms with Gasteiger partial charge in [-0.05, 0) is 31.2 Å². The minimum Gasteiger partial charge on any atom is -0.327 e. The van der Waals surface area contributed by atoms with E-state index < -0.39 is 10.0 Å². The molecule has 1 aromatic rings. The Kier molecular flexibility index (Phi) is 6.14. The SMILES string of the molecule is CSc1ccccc1S(=O)(=O)N1CCCC(N)C1.Cl. The second kappa shape index (κ2) is 6.95. The molecule has 0 spiro atoms. The second-order valence-corrected chi connectivity index (χ2v) is 7.17. The zero-order valence-corrected chi connectivity index (χ0v) is 13.2. The molecule has 1 aliphatic rings. The molecule has 4 nitrogen and oxygen atoms in total. The number of piperidine rings is 1. The van der Waals surface area contributed by atoms with Gasteiger partial charge in [-0.1, -0.05) is 12.1 Å². The smallest absolute Gasteiger partial charge is 0.244 e. The van der Waals surface area contributed by atoms with Crippen LogP contribution in [0.5, 0.6) is 0 Å². The Bertz CT molecular complexity index is 522. The van der Waals surface area contributed by atoms with Crippen LogP contribution in [0.4, 0.5) is 0 Å². The quantitative estimate of drug-likeness (QED) is 0.864. The number of halogens is 1. The van der Waals surface area contributed by atoms with E-state index >= 15 is 0 Å². The van der Waals surface area contributed by atoms with Crippen LogP contribution in [0.1, 0.15) is 12.8 Å². The van der Waals surface area contributed by atoms with Crippen molar-refractivity contribution in [2.24, 2.45) is 5.73 Å². The first-order chi connectivity index (χ1) is 8.55. The maximum Gasteiger partial charge on any atom is 0.244 e. The zero-order chi connectivity index (χ0) is 13.2. The summed E-state index contributed by atoms with van der Waals surface area (Å²) in [6, 6.07) is 7.07. The third kappa shape index (κ3) is 3.64. The average Bonchev–Trinajstić information content (AvgIpc) is 2.38. The van der Waals surface area contributed by atoms with Crippen LogP contribution in [0.25, 0.3) is 0 Å². The van der Waals surface area contributed by atoms with Crippen LogP contribution in [0, 0.1) is 0 Å². The number of benzene rings is 1. The van der Waals surface area contributed by atoms with Gasteiger partial charge in [-0.3, -0.25) is 0 Å². The number of rotatable bonds is 3. The molecule has 0 saturated carbocycles. The molecule has 1 aromatic carbocycles. The predicted octanol–water partition coefficient (Wildman–Crippen LogP) is 1.94. The number of hydrogen-bond acceptors (Lipinski definition) is 4. The summed E-state index contributed by atoms with van der Waals surface area (Å²) in [6.07, 6.45) is 3.62. The molecule has 1 aliphatic heterocycles. The lowest BCUT2D eigenvalue weighted by molar-refractivity contribution is 0.315. The standard InChI is InChI=1S/C12H18N2O2S2.ClH/c1-17-11-6-2-3-7-12(11)18(15,16)14-8-4-5-10(13)9-14;/h2-3,6-7,10H,4-5,8-9,13H2,1H3;1H. The maximum absolute atomic E-state index is 12.6. The van der Waals surface area contributed by atoms with Crippen LogP contribution >= 0.6 is 24.2 Å². The number of sulfonamides is 1. The van der Waals surface area contributed by atoms with Gasteiger partial charge in [-0.15, -0.1) is 24.2 Å². The van der Waals surface area contributed by atoms with E-state index in [0.717, 1.165) is 17.7 Å². The molecule has 1 heterocycles. The molecule has 0 amide bonds. The molecular weight excluding hydrogens is 304 g/mol. The summed E-state index contributed by atoms with van der Waals surface area (Å²) >= 11 is 1.45. The largest absolute Gasteiger partial charge is 0.327 e. The first-order valence-electron chi connectivity index (χ1n) is 5.94. The molecule has 0 bridgehead atoms. The Morgan fingerprint density at radius 2 is 2.05 bits per heavy atom. The summed E-state index contributed by atoms with van der Waals surface area (Å²) in [5.74, 6) is 0. The van der Waals surface area contributed by atoms with Crippen LogP contribution in [-0.4, -0.2) is 38.1 Å². The summed E-state index contributed by atoms with van der Waals surface area (Å²) in [7, 11) is -3.41. The van der Waals surface area contributed by atoms with Crippen LogP contribution in [0.15, 0.2) is 34.1 Å². The first-order valence-corrected chi connectivity index (χ1v) is 8.61. The summed E-state index contributed by atoms with van der Waals surface area (Å²) in [5.41, 5.74) is 5.86. The van der Waals surface area contributed by atoms with Gasteiger partial charge >= 0.3 is 0 Å². The Morgan fingerprint density at radius 1 is 1.37 bits per heavy atom. The van der Waals surface area contributed by atoms with Crippen molar-refractivity contribution in [1.82, 2.24) is 4.31 Å². The monoisotopic (exact) mass is 322 g/mol. The van der Waals surface area contributed by atoms with Gasteiger partial charge in [0.15, 0.2) is 0 Å². The van der Waals surface area contributed by atoms with Gasteiger partial charge < -0.3 is 5.73 Å². The predicted molar refractivity (Wildman–Crippen MR) is 81.4 cm³/mol. The fraction of sp³-hybridized carbons (Fsp3) is 0.500. The number of nitrogens with two attached hydrogens (primary N) is 1. The molecule has 0 aromatic heterocycles. The van der Waals surface area contributed by atoms with Crippen molar-refractivity contribution < 1.29 is 8.42 Å². The van der Waals surface area contributed by atoms with Crippen LogP contribution < -0.4 is 5.73 Å². The maximum atomic E-state index is 12.6. The van der Waals surface area contributed by atoms with Gasteiger partial charge in [0.05, 0.1) is 4.90 Å². The van der Waals surface area contributed by atoms with Gasteiger partial charge in [0.25, 0.3) is 0 Å². The fourth-order valence-corrected chi connectivity index (χ4v) is 4.82. The van der Waals surface area contributed by atoms with E-state index in [0.29, 0.717) is 18.0 Å². The van der Waals surface area contributed by atoms with Gasteiger partial charge in [0.1, 0.15) is 0 Å². The number of hydrogen-bond donors (Lipinski definition) is 1. The molecule has 7 heteroatoms. The molecule has 1 unspecified atom stereocenters. The molecular formula is C12H19ClN2O2S2. The van der Waals surface area contributed by atoms with Gasteiger partial charge in [0.2, 0.25) is 10.0 Å². The fourth-order valence-electron chi connectivity index (χ4n) is 2.16. The minimum atomic E-state index is -3.41. The van der Waals surface area contributed by atoms with Crippen molar-refractivity contribution in [2.75, 3.05) is 19.3 Å². The minimum absolute atomic E-state index is 0. The van der Waals surface area contributed by atoms with E-state index in [9.17, 15) is 8.42 Å². The third-order valence-corrected chi connectivity index (χ3v) is 5.96. The van der Waals surface area contributed by atoms with E-state index in [2.05, 4.69) is 0 Å². The Hall–Kier alpha value is -0.270. The lowest BCUT2D eigenvalue weighted by Crippen LogP contribution is -2.45. The van der Waals surface area contributed by atoms with Crippen LogP contribution in [0.3, 0.4) is 0 Å². The van der Waals surface area contributed by atoms with Crippen LogP contribution in [0.2, 0.25) is 0 Å². The highest BCUT2D eigenvalue weighted by atomic mass is 35.5. The summed E-state index contributed by atoms with van der Waals surface area (Å²) in [5, 5.41) is 0. The number of nitrogens with zero attached hydrogens (tertiary/aromatic N) is 1. The van der Waals surface area contributed by atoms with Gasteiger partial charge in [-0.2, -0.15) is 4.31 Å². The second-order valence-electron chi connectivity index (χ2n) is 4.42. The molecule has 108 valence electrons. The highest BCUT2D eigenvalue weighted by molar-refractivity contribution is 7.99. The Balaban J connectivity index is 0.00000180. The molecule has 1 atom stereocenters. The average molecular weight is 323 g/mol. The molecule has 2 N–H and O–H groups in total. The van der Waals surface area contributed by atoms with Crippen LogP contribution in [-0.2, 0) is 10.0 Å². The van der Waals surface area contributed by atoms with E-state index in [1.165, 1.54) is 16.1 Å². The lowest BCUT2D eigenvalue weighted by Gasteiger charge is -2.30. The van der Waals surface area contributed by atoms with E-state index in [4.69, 9.17) is 5.73 Å². The molecule has 19 heavy (non-hydrogen) atoms. The number of thioether (sulfide) groups is 1. The van der Waals surface area contributed by atoms with Crippen molar-refractivity contribution >= 4 is 34.2 Å². The van der Waals surface area contributed by atoms with Crippen molar-refractivity contribution in [3.05, 3.63) is 24.3 Å². The summed E-state index contributed by atoms with van der Waals surface area (Å²) in [4.78, 5) is 1.18. The lowest BCUT2D eigenvalue weighted by atomic mass is 10.1. The summed E-state index contributed by atoms with van der Waals surface area (Å²) < 4.78 is 26.6. The summed E-state index contributed by atoms with van der Waals surface area (Å²) in [6.45, 7) is 0.990. The van der Waals surface area contributed by atoms with Crippen molar-refractivity contribution in [3.8, 4) is 0 Å². The Labute approximate surface area is 125 Å². The molecule has 1 saturated heterocycles. The molecule has 0 aliphatic carbocycles. The topological polar surface area (TPSA) is 63.4 Å². The Morgan fingerprint density at radius 3 is 2.68 bits per heavy atom. The molecule has 1 fully saturated rings.